The van der Waals surface area contributed by atoms with Gasteiger partial charge in [0.1, 0.15) is 11.5 Å². The minimum absolute atomic E-state index is 0.175. The molecule has 0 fully saturated rings. The molecule has 3 aromatic rings. The second-order valence-corrected chi connectivity index (χ2v) is 6.44. The van der Waals surface area contributed by atoms with Gasteiger partial charge in [-0.15, -0.1) is 0 Å². The molecule has 1 aliphatic rings. The Morgan fingerprint density at radius 3 is 2.96 bits per heavy atom. The summed E-state index contributed by atoms with van der Waals surface area (Å²) in [5.41, 5.74) is 2.95. The van der Waals surface area contributed by atoms with Crippen molar-refractivity contribution in [3.05, 3.63) is 53.3 Å². The van der Waals surface area contributed by atoms with Gasteiger partial charge in [0.25, 0.3) is 5.91 Å². The fraction of sp³-hybridized carbons (Fsp3) is 0.316. The molecule has 0 aliphatic carbocycles. The average Bonchev–Trinajstić information content (AvgIpc) is 3.16. The summed E-state index contributed by atoms with van der Waals surface area (Å²) in [7, 11) is 1.93. The van der Waals surface area contributed by atoms with E-state index in [9.17, 15) is 4.79 Å². The van der Waals surface area contributed by atoms with Gasteiger partial charge in [-0.05, 0) is 25.0 Å². The summed E-state index contributed by atoms with van der Waals surface area (Å²) in [6.07, 6.45) is 4.89. The fourth-order valence-corrected chi connectivity index (χ4v) is 3.12. The summed E-state index contributed by atoms with van der Waals surface area (Å²) in [6, 6.07) is 5.64. The number of aryl methyl sites for hydroxylation is 1. The van der Waals surface area contributed by atoms with Crippen molar-refractivity contribution >= 4 is 11.7 Å². The molecule has 0 radical (unpaired) electrons. The number of nitrogens with zero attached hydrogens (tertiary/aromatic N) is 5. The minimum atomic E-state index is -0.175. The second kappa shape index (κ2) is 7.14. The van der Waals surface area contributed by atoms with Crippen molar-refractivity contribution in [2.75, 3.05) is 18.5 Å². The normalized spacial score (nSPS) is 13.2. The number of carbonyl (C=O) groups excluding carboxylic acids is 1. The highest BCUT2D eigenvalue weighted by Gasteiger charge is 2.26. The van der Waals surface area contributed by atoms with Gasteiger partial charge in [0.05, 0.1) is 12.2 Å². The molecule has 1 amide bonds. The number of hydrogen-bond donors (Lipinski definition) is 1. The van der Waals surface area contributed by atoms with Crippen molar-refractivity contribution < 1.29 is 9.32 Å². The Hall–Kier alpha value is -3.29. The number of pyridine rings is 1. The highest BCUT2D eigenvalue weighted by Crippen LogP contribution is 2.27. The minimum Gasteiger partial charge on any atom is -0.359 e. The summed E-state index contributed by atoms with van der Waals surface area (Å²) in [6.45, 7) is 3.11. The summed E-state index contributed by atoms with van der Waals surface area (Å²) in [4.78, 5) is 27.7. The lowest BCUT2D eigenvalue weighted by Crippen LogP contribution is -2.35. The van der Waals surface area contributed by atoms with Crippen molar-refractivity contribution in [3.63, 3.8) is 0 Å². The zero-order chi connectivity index (χ0) is 18.8. The maximum Gasteiger partial charge on any atom is 0.270 e. The molecule has 0 aromatic carbocycles. The van der Waals surface area contributed by atoms with Crippen molar-refractivity contribution in [2.45, 2.75) is 26.3 Å². The Morgan fingerprint density at radius 2 is 2.22 bits per heavy atom. The van der Waals surface area contributed by atoms with E-state index in [1.165, 1.54) is 0 Å². The molecule has 8 nitrogen and oxygen atoms in total. The van der Waals surface area contributed by atoms with Crippen LogP contribution in [-0.2, 0) is 19.4 Å². The van der Waals surface area contributed by atoms with Crippen LogP contribution in [0.15, 0.2) is 35.1 Å². The van der Waals surface area contributed by atoms with Crippen LogP contribution in [0.25, 0.3) is 11.4 Å². The van der Waals surface area contributed by atoms with Crippen molar-refractivity contribution in [2.24, 2.45) is 0 Å². The first-order valence-corrected chi connectivity index (χ1v) is 8.90. The molecule has 0 unspecified atom stereocenters. The molecule has 0 spiro atoms. The highest BCUT2D eigenvalue weighted by molar-refractivity contribution is 5.96. The first kappa shape index (κ1) is 17.1. The quantitative estimate of drug-likeness (QED) is 0.739. The third kappa shape index (κ3) is 3.38. The lowest BCUT2D eigenvalue weighted by atomic mass is 10.1. The van der Waals surface area contributed by atoms with E-state index in [4.69, 9.17) is 9.51 Å². The van der Waals surface area contributed by atoms with Gasteiger partial charge in [0, 0.05) is 43.2 Å². The summed E-state index contributed by atoms with van der Waals surface area (Å²) >= 11 is 0. The molecule has 138 valence electrons. The van der Waals surface area contributed by atoms with Crippen molar-refractivity contribution in [1.29, 1.82) is 0 Å². The average molecular weight is 364 g/mol. The van der Waals surface area contributed by atoms with Crippen LogP contribution in [0.2, 0.25) is 0 Å². The Labute approximate surface area is 156 Å². The predicted octanol–water partition coefficient (Wildman–Crippen LogP) is 2.01. The molecule has 1 aliphatic heterocycles. The lowest BCUT2D eigenvalue weighted by Gasteiger charge is -2.24. The predicted molar refractivity (Wildman–Crippen MR) is 99.3 cm³/mol. The number of carbonyl (C=O) groups is 1. The van der Waals surface area contributed by atoms with Gasteiger partial charge in [-0.2, -0.15) is 0 Å². The molecule has 4 heterocycles. The van der Waals surface area contributed by atoms with Gasteiger partial charge >= 0.3 is 0 Å². The van der Waals surface area contributed by atoms with Gasteiger partial charge in [-0.25, -0.2) is 9.97 Å². The molecule has 8 heteroatoms. The SMILES string of the molecule is CCc1cc(CN(C)c2nc(-c3cccnc3)nc3c2CCNC3=O)on1. The van der Waals surface area contributed by atoms with Crippen LogP contribution in [0, 0.1) is 0 Å². The van der Waals surface area contributed by atoms with Crippen LogP contribution < -0.4 is 10.2 Å². The maximum absolute atomic E-state index is 12.4. The third-order valence-corrected chi connectivity index (χ3v) is 4.51. The number of fused-ring (bicyclic) bond motifs is 1. The van der Waals surface area contributed by atoms with Crippen LogP contribution in [0.5, 0.6) is 0 Å². The topological polar surface area (TPSA) is 97.0 Å². The van der Waals surface area contributed by atoms with E-state index in [1.807, 2.05) is 37.1 Å². The van der Waals surface area contributed by atoms with E-state index in [0.717, 1.165) is 34.8 Å². The summed E-state index contributed by atoms with van der Waals surface area (Å²) < 4.78 is 5.40. The van der Waals surface area contributed by atoms with E-state index < -0.39 is 0 Å². The van der Waals surface area contributed by atoms with Crippen LogP contribution in [0.1, 0.15) is 34.4 Å². The smallest absolute Gasteiger partial charge is 0.270 e. The molecule has 0 bridgehead atoms. The van der Waals surface area contributed by atoms with Gasteiger partial charge in [-0.1, -0.05) is 12.1 Å². The first-order valence-electron chi connectivity index (χ1n) is 8.90. The van der Waals surface area contributed by atoms with Crippen LogP contribution in [-0.4, -0.2) is 39.6 Å². The molecule has 1 N–H and O–H groups in total. The Balaban J connectivity index is 1.75. The Bertz CT molecular complexity index is 970. The molecule has 0 saturated carbocycles. The molecular weight excluding hydrogens is 344 g/mol. The zero-order valence-corrected chi connectivity index (χ0v) is 15.3. The van der Waals surface area contributed by atoms with Crippen molar-refractivity contribution in [1.82, 2.24) is 25.4 Å². The monoisotopic (exact) mass is 364 g/mol. The molecule has 0 saturated heterocycles. The third-order valence-electron chi connectivity index (χ3n) is 4.51. The maximum atomic E-state index is 12.4. The number of aromatic nitrogens is 4. The number of amides is 1. The fourth-order valence-electron chi connectivity index (χ4n) is 3.12. The number of hydrogen-bond acceptors (Lipinski definition) is 7. The van der Waals surface area contributed by atoms with Gasteiger partial charge < -0.3 is 14.7 Å². The summed E-state index contributed by atoms with van der Waals surface area (Å²) in [5.74, 6) is 1.78. The van der Waals surface area contributed by atoms with E-state index in [-0.39, 0.29) is 5.91 Å². The molecular formula is C19H20N6O2. The van der Waals surface area contributed by atoms with Crippen LogP contribution >= 0.6 is 0 Å². The van der Waals surface area contributed by atoms with Gasteiger partial charge in [0.2, 0.25) is 0 Å². The van der Waals surface area contributed by atoms with Gasteiger partial charge in [-0.3, -0.25) is 9.78 Å². The number of anilines is 1. The number of rotatable bonds is 5. The largest absolute Gasteiger partial charge is 0.359 e. The standard InChI is InChI=1S/C19H20N6O2/c1-3-13-9-14(27-24-13)11-25(2)18-15-6-8-21-19(26)16(15)22-17(23-18)12-5-4-7-20-10-12/h4-5,7,9-10H,3,6,8,11H2,1-2H3,(H,21,26). The molecule has 0 atom stereocenters. The second-order valence-electron chi connectivity index (χ2n) is 6.44. The Kier molecular flexibility index (Phi) is 4.53. The van der Waals surface area contributed by atoms with Gasteiger partial charge in [0.15, 0.2) is 11.6 Å². The first-order chi connectivity index (χ1) is 13.2. The number of nitrogens with one attached hydrogen (secondary N) is 1. The van der Waals surface area contributed by atoms with Crippen LogP contribution in [0.4, 0.5) is 5.82 Å². The summed E-state index contributed by atoms with van der Waals surface area (Å²) in [5, 5.41) is 6.89. The lowest BCUT2D eigenvalue weighted by molar-refractivity contribution is 0.0940. The zero-order valence-electron chi connectivity index (χ0n) is 15.3. The van der Waals surface area contributed by atoms with E-state index in [2.05, 4.69) is 20.4 Å². The van der Waals surface area contributed by atoms with E-state index in [0.29, 0.717) is 31.0 Å². The van der Waals surface area contributed by atoms with E-state index in [1.54, 1.807) is 12.4 Å². The molecule has 4 rings (SSSR count). The van der Waals surface area contributed by atoms with E-state index >= 15 is 0 Å². The Morgan fingerprint density at radius 1 is 1.33 bits per heavy atom. The molecule has 3 aromatic heterocycles. The molecule has 27 heavy (non-hydrogen) atoms. The van der Waals surface area contributed by atoms with Crippen LogP contribution in [0.3, 0.4) is 0 Å². The van der Waals surface area contributed by atoms with Crippen molar-refractivity contribution in [3.8, 4) is 11.4 Å². The highest BCUT2D eigenvalue weighted by atomic mass is 16.5.